The molecule has 20 heavy (non-hydrogen) atoms. The van der Waals surface area contributed by atoms with Crippen LogP contribution in [0.2, 0.25) is 0 Å². The molecule has 6 nitrogen and oxygen atoms in total. The molecule has 0 aliphatic carbocycles. The van der Waals surface area contributed by atoms with Gasteiger partial charge in [-0.15, -0.1) is 0 Å². The molecule has 1 N–H and O–H groups in total. The van der Waals surface area contributed by atoms with Crippen molar-refractivity contribution in [2.45, 2.75) is 13.5 Å². The minimum atomic E-state index is 0.271. The van der Waals surface area contributed by atoms with Crippen LogP contribution in [0.1, 0.15) is 11.1 Å². The number of nitrogens with one attached hydrogen (secondary N) is 1. The number of nitrogens with zero attached hydrogens (tertiary/aromatic N) is 2. The van der Waals surface area contributed by atoms with Crippen LogP contribution in [0, 0.1) is 6.92 Å². The summed E-state index contributed by atoms with van der Waals surface area (Å²) in [7, 11) is 1.59. The Labute approximate surface area is 116 Å². The Morgan fingerprint density at radius 2 is 2.20 bits per heavy atom. The number of methoxy groups -OCH3 is 1. The Balaban J connectivity index is 1.79. The smallest absolute Gasteiger partial charge is 0.231 e. The third-order valence-electron chi connectivity index (χ3n) is 3.16. The first-order valence-corrected chi connectivity index (χ1v) is 6.26. The van der Waals surface area contributed by atoms with E-state index in [1.807, 2.05) is 25.1 Å². The lowest BCUT2D eigenvalue weighted by Gasteiger charge is -2.11. The molecule has 104 valence electrons. The number of benzene rings is 1. The number of ether oxygens (including phenoxy) is 3. The molecule has 1 aromatic carbocycles. The van der Waals surface area contributed by atoms with Crippen molar-refractivity contribution in [3.8, 4) is 17.4 Å². The Morgan fingerprint density at radius 3 is 3.05 bits per heavy atom. The van der Waals surface area contributed by atoms with Gasteiger partial charge in [0.25, 0.3) is 0 Å². The molecule has 0 atom stereocenters. The summed E-state index contributed by atoms with van der Waals surface area (Å²) in [6.45, 7) is 2.77. The highest BCUT2D eigenvalue weighted by Gasteiger charge is 2.17. The molecule has 2 aromatic rings. The average Bonchev–Trinajstić information content (AvgIpc) is 2.95. The van der Waals surface area contributed by atoms with Crippen LogP contribution in [0.3, 0.4) is 0 Å². The fourth-order valence-electron chi connectivity index (χ4n) is 2.13. The van der Waals surface area contributed by atoms with Gasteiger partial charge < -0.3 is 19.5 Å². The summed E-state index contributed by atoms with van der Waals surface area (Å²) >= 11 is 0. The van der Waals surface area contributed by atoms with Gasteiger partial charge in [0.05, 0.1) is 12.7 Å². The molecule has 3 rings (SSSR count). The van der Waals surface area contributed by atoms with Crippen molar-refractivity contribution in [2.24, 2.45) is 0 Å². The molecule has 0 amide bonds. The van der Waals surface area contributed by atoms with E-state index in [-0.39, 0.29) is 6.79 Å². The lowest BCUT2D eigenvalue weighted by Crippen LogP contribution is -2.06. The lowest BCUT2D eigenvalue weighted by atomic mass is 10.2. The highest BCUT2D eigenvalue weighted by molar-refractivity contribution is 5.52. The van der Waals surface area contributed by atoms with Crippen molar-refractivity contribution < 1.29 is 14.2 Å². The molecular formula is C14H15N3O3. The average molecular weight is 273 g/mol. The van der Waals surface area contributed by atoms with Crippen LogP contribution in [-0.2, 0) is 6.54 Å². The van der Waals surface area contributed by atoms with Crippen LogP contribution in [-0.4, -0.2) is 23.9 Å². The minimum absolute atomic E-state index is 0.271. The van der Waals surface area contributed by atoms with Crippen molar-refractivity contribution in [3.05, 3.63) is 35.7 Å². The second-order valence-electron chi connectivity index (χ2n) is 4.36. The van der Waals surface area contributed by atoms with Gasteiger partial charge in [0.2, 0.25) is 12.7 Å². The topological polar surface area (TPSA) is 65.5 Å². The van der Waals surface area contributed by atoms with E-state index >= 15 is 0 Å². The normalized spacial score (nSPS) is 12.3. The largest absolute Gasteiger partial charge is 0.481 e. The first-order valence-electron chi connectivity index (χ1n) is 6.26. The molecule has 2 heterocycles. The zero-order valence-electron chi connectivity index (χ0n) is 11.3. The van der Waals surface area contributed by atoms with Gasteiger partial charge in [-0.1, -0.05) is 12.1 Å². The van der Waals surface area contributed by atoms with E-state index in [1.54, 1.807) is 7.11 Å². The highest BCUT2D eigenvalue weighted by Crippen LogP contribution is 2.35. The first-order chi connectivity index (χ1) is 9.79. The molecule has 0 unspecified atom stereocenters. The van der Waals surface area contributed by atoms with Gasteiger partial charge in [0.1, 0.15) is 12.1 Å². The Kier molecular flexibility index (Phi) is 3.28. The minimum Gasteiger partial charge on any atom is -0.481 e. The van der Waals surface area contributed by atoms with Crippen molar-refractivity contribution in [1.29, 1.82) is 0 Å². The van der Waals surface area contributed by atoms with Gasteiger partial charge in [-0.2, -0.15) is 0 Å². The summed E-state index contributed by atoms with van der Waals surface area (Å²) in [5, 5.41) is 3.27. The quantitative estimate of drug-likeness (QED) is 0.920. The summed E-state index contributed by atoms with van der Waals surface area (Å²) in [5.74, 6) is 2.88. The number of rotatable bonds is 4. The third-order valence-corrected chi connectivity index (χ3v) is 3.16. The predicted molar refractivity (Wildman–Crippen MR) is 73.2 cm³/mol. The van der Waals surface area contributed by atoms with Gasteiger partial charge in [-0.3, -0.25) is 0 Å². The number of anilines is 1. The molecule has 0 bridgehead atoms. The second-order valence-corrected chi connectivity index (χ2v) is 4.36. The Morgan fingerprint density at radius 1 is 1.30 bits per heavy atom. The molecular weight excluding hydrogens is 258 g/mol. The fourth-order valence-corrected chi connectivity index (χ4v) is 2.13. The maximum absolute atomic E-state index is 5.47. The summed E-state index contributed by atoms with van der Waals surface area (Å²) in [5.41, 5.74) is 1.90. The maximum atomic E-state index is 5.47. The van der Waals surface area contributed by atoms with Gasteiger partial charge in [-0.25, -0.2) is 9.97 Å². The molecule has 0 fully saturated rings. The summed E-state index contributed by atoms with van der Waals surface area (Å²) in [4.78, 5) is 8.27. The zero-order chi connectivity index (χ0) is 13.9. The monoisotopic (exact) mass is 273 g/mol. The van der Waals surface area contributed by atoms with Gasteiger partial charge >= 0.3 is 0 Å². The van der Waals surface area contributed by atoms with Crippen LogP contribution in [0.15, 0.2) is 24.5 Å². The standard InChI is InChI=1S/C14H15N3O3/c1-9-13(16-7-17-14(9)18-2)15-6-10-4-3-5-11-12(10)20-8-19-11/h3-5,7H,6,8H2,1-2H3,(H,15,16,17). The van der Waals surface area contributed by atoms with E-state index in [2.05, 4.69) is 15.3 Å². The van der Waals surface area contributed by atoms with E-state index in [0.717, 1.165) is 28.4 Å². The molecule has 0 radical (unpaired) electrons. The maximum Gasteiger partial charge on any atom is 0.231 e. The Hall–Kier alpha value is -2.50. The summed E-state index contributed by atoms with van der Waals surface area (Å²) in [6.07, 6.45) is 1.48. The SMILES string of the molecule is COc1ncnc(NCc2cccc3c2OCO3)c1C. The molecule has 6 heteroatoms. The van der Waals surface area contributed by atoms with Crippen LogP contribution in [0.4, 0.5) is 5.82 Å². The number of para-hydroxylation sites is 1. The molecule has 1 aromatic heterocycles. The predicted octanol–water partition coefficient (Wildman–Crippen LogP) is 2.13. The molecule has 1 aliphatic heterocycles. The second kappa shape index (κ2) is 5.24. The number of fused-ring (bicyclic) bond motifs is 1. The highest BCUT2D eigenvalue weighted by atomic mass is 16.7. The van der Waals surface area contributed by atoms with Crippen LogP contribution >= 0.6 is 0 Å². The van der Waals surface area contributed by atoms with Gasteiger partial charge in [0, 0.05) is 12.1 Å². The molecule has 0 saturated carbocycles. The first kappa shape index (κ1) is 12.5. The Bertz CT molecular complexity index is 631. The summed E-state index contributed by atoms with van der Waals surface area (Å²) < 4.78 is 16.0. The van der Waals surface area contributed by atoms with Crippen molar-refractivity contribution in [1.82, 2.24) is 9.97 Å². The number of hydrogen-bond acceptors (Lipinski definition) is 6. The molecule has 1 aliphatic rings. The van der Waals surface area contributed by atoms with E-state index in [0.29, 0.717) is 12.4 Å². The van der Waals surface area contributed by atoms with Crippen molar-refractivity contribution >= 4 is 5.82 Å². The van der Waals surface area contributed by atoms with E-state index in [9.17, 15) is 0 Å². The summed E-state index contributed by atoms with van der Waals surface area (Å²) in [6, 6.07) is 5.83. The van der Waals surface area contributed by atoms with Gasteiger partial charge in [-0.05, 0) is 13.0 Å². The van der Waals surface area contributed by atoms with Crippen LogP contribution < -0.4 is 19.5 Å². The zero-order valence-corrected chi connectivity index (χ0v) is 11.3. The number of aromatic nitrogens is 2. The van der Waals surface area contributed by atoms with E-state index < -0.39 is 0 Å². The fraction of sp³-hybridized carbons (Fsp3) is 0.286. The molecule has 0 spiro atoms. The van der Waals surface area contributed by atoms with Crippen molar-refractivity contribution in [2.75, 3.05) is 19.2 Å². The van der Waals surface area contributed by atoms with E-state index in [4.69, 9.17) is 14.2 Å². The van der Waals surface area contributed by atoms with Gasteiger partial charge in [0.15, 0.2) is 11.5 Å². The van der Waals surface area contributed by atoms with Crippen LogP contribution in [0.5, 0.6) is 17.4 Å². The molecule has 0 saturated heterocycles. The lowest BCUT2D eigenvalue weighted by molar-refractivity contribution is 0.173. The third kappa shape index (κ3) is 2.20. The number of hydrogen-bond donors (Lipinski definition) is 1. The van der Waals surface area contributed by atoms with Crippen molar-refractivity contribution in [3.63, 3.8) is 0 Å². The van der Waals surface area contributed by atoms with Crippen LogP contribution in [0.25, 0.3) is 0 Å². The van der Waals surface area contributed by atoms with E-state index in [1.165, 1.54) is 6.33 Å².